The summed E-state index contributed by atoms with van der Waals surface area (Å²) in [6.07, 6.45) is -1.21. The van der Waals surface area contributed by atoms with Crippen LogP contribution in [0.1, 0.15) is 81.8 Å². The topological polar surface area (TPSA) is 126 Å². The molecule has 4 amide bonds. The molecular weight excluding hydrogens is 569 g/mol. The van der Waals surface area contributed by atoms with Crippen LogP contribution >= 0.6 is 0 Å². The Kier molecular flexibility index (Phi) is 9.63. The predicted molar refractivity (Wildman–Crippen MR) is 153 cm³/mol. The molecule has 0 unspecified atom stereocenters. The number of allylic oxidation sites excluding steroid dienone is 1. The van der Waals surface area contributed by atoms with Crippen LogP contribution in [0.25, 0.3) is 0 Å². The van der Waals surface area contributed by atoms with Crippen molar-refractivity contribution in [2.24, 2.45) is 5.92 Å². The maximum atomic E-state index is 15.4. The van der Waals surface area contributed by atoms with Gasteiger partial charge in [-0.1, -0.05) is 13.0 Å². The zero-order chi connectivity index (χ0) is 34.6. The number of hydrogen-bond donors (Lipinski definition) is 3. The van der Waals surface area contributed by atoms with Crippen LogP contribution in [-0.4, -0.2) is 66.7 Å². The third-order valence-corrected chi connectivity index (χ3v) is 7.47. The molecule has 2 saturated carbocycles. The van der Waals surface area contributed by atoms with Gasteiger partial charge in [0.05, 0.1) is 12.8 Å². The molecule has 0 heterocycles. The highest BCUT2D eigenvalue weighted by atomic mass is 19.3. The molecule has 3 atom stereocenters. The molecule has 0 saturated heterocycles. The molecule has 1 aromatic rings. The predicted octanol–water partition coefficient (Wildman–Crippen LogP) is 5.45. The normalized spacial score (nSPS) is 20.2. The molecule has 238 valence electrons. The molecule has 0 aliphatic heterocycles. The van der Waals surface area contributed by atoms with E-state index in [1.807, 2.05) is 0 Å². The van der Waals surface area contributed by atoms with E-state index in [4.69, 9.17) is 13.6 Å². The number of carbonyl (C=O) groups is 4. The summed E-state index contributed by atoms with van der Waals surface area (Å²) in [5.41, 5.74) is -0.928. The van der Waals surface area contributed by atoms with Gasteiger partial charge >= 0.3 is 18.1 Å². The fraction of sp³-hybridized carbons (Fsp3) is 0.600. The van der Waals surface area contributed by atoms with Crippen molar-refractivity contribution in [1.29, 1.82) is 0 Å². The lowest BCUT2D eigenvalue weighted by molar-refractivity contribution is -0.143. The van der Waals surface area contributed by atoms with E-state index in [1.54, 1.807) is 20.8 Å². The average molecular weight is 614 g/mol. The van der Waals surface area contributed by atoms with Crippen LogP contribution in [0.15, 0.2) is 29.9 Å². The van der Waals surface area contributed by atoms with Crippen LogP contribution in [0.4, 0.5) is 28.4 Å². The van der Waals surface area contributed by atoms with E-state index in [-0.39, 0.29) is 42.5 Å². The molecule has 2 aliphatic rings. The number of rotatable bonds is 9. The van der Waals surface area contributed by atoms with Crippen molar-refractivity contribution < 1.29 is 45.9 Å². The fourth-order valence-corrected chi connectivity index (χ4v) is 4.88. The largest absolute Gasteiger partial charge is 0.467 e. The molecule has 1 aromatic carbocycles. The lowest BCUT2D eigenvalue weighted by atomic mass is 9.81. The summed E-state index contributed by atoms with van der Waals surface area (Å²) in [4.78, 5) is 52.2. The summed E-state index contributed by atoms with van der Waals surface area (Å²) in [7, 11) is 1.09. The van der Waals surface area contributed by atoms with Gasteiger partial charge in [-0.15, -0.1) is 0 Å². The van der Waals surface area contributed by atoms with Crippen molar-refractivity contribution in [2.45, 2.75) is 95.9 Å². The first-order chi connectivity index (χ1) is 21.3. The van der Waals surface area contributed by atoms with Gasteiger partial charge in [-0.05, 0) is 88.5 Å². The lowest BCUT2D eigenvalue weighted by Gasteiger charge is -2.31. The number of anilines is 1. The van der Waals surface area contributed by atoms with Crippen LogP contribution in [0.5, 0.6) is 0 Å². The molecule has 0 spiro atoms. The summed E-state index contributed by atoms with van der Waals surface area (Å²) >= 11 is 0. The van der Waals surface area contributed by atoms with Gasteiger partial charge in [0, 0.05) is 23.0 Å². The highest BCUT2D eigenvalue weighted by Crippen LogP contribution is 2.34. The molecule has 3 rings (SSSR count). The first-order valence-corrected chi connectivity index (χ1v) is 14.1. The average Bonchev–Trinajstić information content (AvgIpc) is 3.78. The quantitative estimate of drug-likeness (QED) is 0.318. The van der Waals surface area contributed by atoms with Crippen molar-refractivity contribution in [2.75, 3.05) is 19.4 Å². The van der Waals surface area contributed by atoms with Crippen LogP contribution < -0.4 is 16.0 Å². The van der Waals surface area contributed by atoms with E-state index < -0.39 is 78.4 Å². The Labute approximate surface area is 253 Å². The number of halogens is 3. The molecule has 0 bridgehead atoms. The number of amides is 4. The van der Waals surface area contributed by atoms with E-state index in [0.29, 0.717) is 17.7 Å². The van der Waals surface area contributed by atoms with Gasteiger partial charge in [-0.3, -0.25) is 4.79 Å². The molecule has 0 radical (unpaired) electrons. The SMILES string of the molecule is [2H]C([2H])([2H])N(C(=O)N[C@@H](C(=O)OC)[C@@H](C)c1ccc(NC(=O)[C@@H](NC(=O)OC(C)(C)C)C2CCC(=C(F)F)CC2)c(F)c1)C1CC1. The van der Waals surface area contributed by atoms with Crippen molar-refractivity contribution in [3.8, 4) is 0 Å². The summed E-state index contributed by atoms with van der Waals surface area (Å²) in [5.74, 6) is -4.00. The van der Waals surface area contributed by atoms with E-state index in [2.05, 4.69) is 16.0 Å². The highest BCUT2D eigenvalue weighted by Gasteiger charge is 2.36. The molecular formula is C30H41F3N4O6. The third kappa shape index (κ3) is 9.36. The Morgan fingerprint density at radius 3 is 2.23 bits per heavy atom. The number of benzene rings is 1. The first-order valence-electron chi connectivity index (χ1n) is 15.6. The lowest BCUT2D eigenvalue weighted by Crippen LogP contribution is -2.50. The summed E-state index contributed by atoms with van der Waals surface area (Å²) in [5, 5.41) is 7.37. The Morgan fingerprint density at radius 2 is 1.72 bits per heavy atom. The Bertz CT molecular complexity index is 1340. The Hall–Kier alpha value is -3.77. The van der Waals surface area contributed by atoms with E-state index in [9.17, 15) is 28.0 Å². The molecule has 2 aliphatic carbocycles. The minimum absolute atomic E-state index is 0.0106. The van der Waals surface area contributed by atoms with Gasteiger partial charge in [0.25, 0.3) is 6.08 Å². The number of ether oxygens (including phenoxy) is 2. The van der Waals surface area contributed by atoms with Crippen molar-refractivity contribution in [3.63, 3.8) is 0 Å². The zero-order valence-electron chi connectivity index (χ0n) is 27.9. The third-order valence-electron chi connectivity index (χ3n) is 7.47. The number of nitrogens with one attached hydrogen (secondary N) is 3. The van der Waals surface area contributed by atoms with Gasteiger partial charge in [0.2, 0.25) is 5.91 Å². The number of methoxy groups -OCH3 is 1. The zero-order valence-corrected chi connectivity index (χ0v) is 24.9. The first kappa shape index (κ1) is 29.3. The van der Waals surface area contributed by atoms with Crippen LogP contribution in [0.3, 0.4) is 0 Å². The standard InChI is InChI=1S/C30H41F3N4O6/c1-16(23(27(39)42-6)35-28(40)37(5)20-12-13-20)19-11-14-22(21(31)15-19)34-26(38)24(36-29(41)43-30(2,3)4)17-7-9-18(10-8-17)25(32)33/h11,14-17,20,23-24H,7-10,12-13H2,1-6H3,(H,34,38)(H,35,40)(H,36,41)/t16-,23+,24-/m0/s1/i5D3. The minimum atomic E-state index is -2.74. The molecule has 2 fully saturated rings. The highest BCUT2D eigenvalue weighted by molar-refractivity contribution is 5.97. The smallest absolute Gasteiger partial charge is 0.408 e. The number of carbonyl (C=O) groups excluding carboxylic acids is 4. The Balaban J connectivity index is 1.79. The maximum absolute atomic E-state index is 15.4. The second kappa shape index (κ2) is 14.1. The van der Waals surface area contributed by atoms with Crippen LogP contribution in [0, 0.1) is 11.7 Å². The number of urea groups is 1. The van der Waals surface area contributed by atoms with Gasteiger partial charge in [0.15, 0.2) is 0 Å². The second-order valence-corrected chi connectivity index (χ2v) is 11.9. The van der Waals surface area contributed by atoms with Crippen LogP contribution in [-0.2, 0) is 19.1 Å². The molecule has 13 heteroatoms. The van der Waals surface area contributed by atoms with Gasteiger partial charge in [-0.25, -0.2) is 18.8 Å². The van der Waals surface area contributed by atoms with E-state index >= 15 is 4.39 Å². The fourth-order valence-electron chi connectivity index (χ4n) is 4.88. The van der Waals surface area contributed by atoms with Gasteiger partial charge in [0.1, 0.15) is 23.5 Å². The second-order valence-electron chi connectivity index (χ2n) is 11.9. The number of alkyl carbamates (subject to hydrolysis) is 1. The van der Waals surface area contributed by atoms with Crippen molar-refractivity contribution >= 4 is 29.7 Å². The van der Waals surface area contributed by atoms with Gasteiger partial charge < -0.3 is 30.3 Å². The van der Waals surface area contributed by atoms with Gasteiger partial charge in [-0.2, -0.15) is 8.78 Å². The Morgan fingerprint density at radius 1 is 1.07 bits per heavy atom. The summed E-state index contributed by atoms with van der Waals surface area (Å²) in [6, 6.07) is -0.385. The number of nitrogens with zero attached hydrogens (tertiary/aromatic N) is 1. The monoisotopic (exact) mass is 613 g/mol. The molecule has 43 heavy (non-hydrogen) atoms. The number of esters is 1. The van der Waals surface area contributed by atoms with Crippen molar-refractivity contribution in [1.82, 2.24) is 15.5 Å². The van der Waals surface area contributed by atoms with E-state index in [1.165, 1.54) is 19.1 Å². The summed E-state index contributed by atoms with van der Waals surface area (Å²) < 4.78 is 74.8. The number of hydrogen-bond acceptors (Lipinski definition) is 6. The maximum Gasteiger partial charge on any atom is 0.408 e. The van der Waals surface area contributed by atoms with Crippen molar-refractivity contribution in [3.05, 3.63) is 41.2 Å². The molecule has 10 nitrogen and oxygen atoms in total. The van der Waals surface area contributed by atoms with Crippen LogP contribution in [0.2, 0.25) is 0 Å². The molecule has 3 N–H and O–H groups in total. The minimum Gasteiger partial charge on any atom is -0.467 e. The summed E-state index contributed by atoms with van der Waals surface area (Å²) in [6.45, 7) is 3.67. The van der Waals surface area contributed by atoms with E-state index in [0.717, 1.165) is 13.2 Å². The molecule has 0 aromatic heterocycles.